The topological polar surface area (TPSA) is 20.3 Å². The van der Waals surface area contributed by atoms with Gasteiger partial charge in [-0.3, -0.25) is 4.79 Å². The molecule has 1 aliphatic carbocycles. The van der Waals surface area contributed by atoms with Gasteiger partial charge < -0.3 is 4.90 Å². The lowest BCUT2D eigenvalue weighted by atomic mass is 10.0. The Hall–Kier alpha value is -0.530. The number of carbonyl (C=O) groups excluding carboxylic acids is 1. The third kappa shape index (κ3) is 7.58. The Labute approximate surface area is 75.9 Å². The van der Waals surface area contributed by atoms with Gasteiger partial charge in [0.25, 0.3) is 0 Å². The van der Waals surface area contributed by atoms with Gasteiger partial charge in [0.05, 0.1) is 0 Å². The molecule has 12 heavy (non-hydrogen) atoms. The molecule has 0 atom stereocenters. The summed E-state index contributed by atoms with van der Waals surface area (Å²) >= 11 is 0. The minimum absolute atomic E-state index is 0.0926. The molecule has 0 aromatic carbocycles. The van der Waals surface area contributed by atoms with Crippen LogP contribution in [0.1, 0.15) is 45.4 Å². The standard InChI is InChI=1S/C6H12.C4H9NO/c1-2-4-6-5-3-1;1-4(6)5(2)3/h1-6H2;1-3H3. The molecule has 1 aliphatic rings. The summed E-state index contributed by atoms with van der Waals surface area (Å²) in [4.78, 5) is 11.6. The van der Waals surface area contributed by atoms with E-state index in [4.69, 9.17) is 0 Å². The van der Waals surface area contributed by atoms with Crippen molar-refractivity contribution in [3.8, 4) is 0 Å². The van der Waals surface area contributed by atoms with E-state index in [2.05, 4.69) is 0 Å². The fraction of sp³-hybridized carbons (Fsp3) is 0.900. The van der Waals surface area contributed by atoms with Crippen LogP contribution in [0.3, 0.4) is 0 Å². The zero-order valence-electron chi connectivity index (χ0n) is 8.60. The summed E-state index contributed by atoms with van der Waals surface area (Å²) in [7, 11) is 3.45. The first-order valence-corrected chi connectivity index (χ1v) is 4.82. The summed E-state index contributed by atoms with van der Waals surface area (Å²) in [5, 5.41) is 0. The van der Waals surface area contributed by atoms with Crippen molar-refractivity contribution >= 4 is 5.91 Å². The van der Waals surface area contributed by atoms with E-state index in [1.165, 1.54) is 50.3 Å². The number of rotatable bonds is 0. The van der Waals surface area contributed by atoms with Crippen LogP contribution in [-0.2, 0) is 4.79 Å². The summed E-state index contributed by atoms with van der Waals surface area (Å²) in [6.07, 6.45) is 9.00. The molecule has 0 aromatic rings. The number of carbonyl (C=O) groups is 1. The molecule has 0 saturated heterocycles. The summed E-state index contributed by atoms with van der Waals surface area (Å²) in [5.74, 6) is 0.0926. The molecule has 0 aliphatic heterocycles. The fourth-order valence-corrected chi connectivity index (χ4v) is 1.06. The van der Waals surface area contributed by atoms with Crippen molar-refractivity contribution in [3.05, 3.63) is 0 Å². The highest BCUT2D eigenvalue weighted by molar-refractivity contribution is 5.72. The molecule has 0 bridgehead atoms. The summed E-state index contributed by atoms with van der Waals surface area (Å²) < 4.78 is 0. The van der Waals surface area contributed by atoms with Crippen molar-refractivity contribution in [3.63, 3.8) is 0 Å². The lowest BCUT2D eigenvalue weighted by Gasteiger charge is -2.05. The lowest BCUT2D eigenvalue weighted by molar-refractivity contribution is -0.126. The van der Waals surface area contributed by atoms with Gasteiger partial charge >= 0.3 is 0 Å². The van der Waals surface area contributed by atoms with E-state index < -0.39 is 0 Å². The van der Waals surface area contributed by atoms with E-state index >= 15 is 0 Å². The first-order valence-electron chi connectivity index (χ1n) is 4.82. The van der Waals surface area contributed by atoms with Crippen molar-refractivity contribution < 1.29 is 4.79 Å². The summed E-state index contributed by atoms with van der Waals surface area (Å²) in [6.45, 7) is 1.53. The highest BCUT2D eigenvalue weighted by Gasteiger charge is 1.95. The molecule has 0 unspecified atom stereocenters. The molecule has 2 nitrogen and oxygen atoms in total. The second-order valence-corrected chi connectivity index (χ2v) is 3.53. The van der Waals surface area contributed by atoms with Gasteiger partial charge in [-0.1, -0.05) is 38.5 Å². The Morgan fingerprint density at radius 2 is 1.08 bits per heavy atom. The number of hydrogen-bond acceptors (Lipinski definition) is 1. The van der Waals surface area contributed by atoms with Gasteiger partial charge in [-0.25, -0.2) is 0 Å². The monoisotopic (exact) mass is 171 g/mol. The summed E-state index contributed by atoms with van der Waals surface area (Å²) in [5.41, 5.74) is 0. The van der Waals surface area contributed by atoms with Crippen molar-refractivity contribution in [1.82, 2.24) is 4.90 Å². The predicted molar refractivity (Wildman–Crippen MR) is 52.1 cm³/mol. The van der Waals surface area contributed by atoms with E-state index in [9.17, 15) is 4.79 Å². The second-order valence-electron chi connectivity index (χ2n) is 3.53. The van der Waals surface area contributed by atoms with Crippen LogP contribution in [0.2, 0.25) is 0 Å². The van der Waals surface area contributed by atoms with Crippen LogP contribution in [0.4, 0.5) is 0 Å². The van der Waals surface area contributed by atoms with Crippen LogP contribution < -0.4 is 0 Å². The molecular weight excluding hydrogens is 150 g/mol. The maximum absolute atomic E-state index is 10.1. The maximum Gasteiger partial charge on any atom is 0.218 e. The van der Waals surface area contributed by atoms with Crippen LogP contribution >= 0.6 is 0 Å². The van der Waals surface area contributed by atoms with E-state index in [1.807, 2.05) is 0 Å². The highest BCUT2D eigenvalue weighted by Crippen LogP contribution is 2.15. The highest BCUT2D eigenvalue weighted by atomic mass is 16.2. The molecule has 2 heteroatoms. The predicted octanol–water partition coefficient (Wildman–Crippen LogP) is 2.44. The fourth-order valence-electron chi connectivity index (χ4n) is 1.06. The smallest absolute Gasteiger partial charge is 0.218 e. The molecule has 1 amide bonds. The molecule has 0 N–H and O–H groups in total. The summed E-state index contributed by atoms with van der Waals surface area (Å²) in [6, 6.07) is 0. The Morgan fingerprint density at radius 3 is 1.17 bits per heavy atom. The molecular formula is C10H21NO. The second kappa shape index (κ2) is 7.14. The zero-order valence-corrected chi connectivity index (χ0v) is 8.60. The Bertz CT molecular complexity index is 105. The molecule has 1 rings (SSSR count). The van der Waals surface area contributed by atoms with Crippen LogP contribution in [-0.4, -0.2) is 24.9 Å². The van der Waals surface area contributed by atoms with Crippen LogP contribution in [0.25, 0.3) is 0 Å². The molecule has 0 heterocycles. The van der Waals surface area contributed by atoms with Gasteiger partial charge in [0.2, 0.25) is 5.91 Å². The van der Waals surface area contributed by atoms with E-state index in [0.29, 0.717) is 0 Å². The van der Waals surface area contributed by atoms with Crippen molar-refractivity contribution in [2.45, 2.75) is 45.4 Å². The van der Waals surface area contributed by atoms with E-state index in [-0.39, 0.29) is 5.91 Å². The Kier molecular flexibility index (Phi) is 6.82. The van der Waals surface area contributed by atoms with Crippen molar-refractivity contribution in [2.24, 2.45) is 0 Å². The largest absolute Gasteiger partial charge is 0.349 e. The normalized spacial score (nSPS) is 15.9. The minimum atomic E-state index is 0.0926. The first kappa shape index (κ1) is 11.5. The Morgan fingerprint density at radius 1 is 0.917 bits per heavy atom. The maximum atomic E-state index is 10.1. The molecule has 72 valence electrons. The number of hydrogen-bond donors (Lipinski definition) is 0. The van der Waals surface area contributed by atoms with Crippen LogP contribution in [0.15, 0.2) is 0 Å². The van der Waals surface area contributed by atoms with Gasteiger partial charge in [-0.15, -0.1) is 0 Å². The Balaban J connectivity index is 0.000000202. The van der Waals surface area contributed by atoms with Crippen molar-refractivity contribution in [2.75, 3.05) is 14.1 Å². The van der Waals surface area contributed by atoms with Crippen molar-refractivity contribution in [1.29, 1.82) is 0 Å². The zero-order chi connectivity index (χ0) is 9.40. The van der Waals surface area contributed by atoms with Gasteiger partial charge in [0.15, 0.2) is 0 Å². The van der Waals surface area contributed by atoms with E-state index in [1.54, 1.807) is 14.1 Å². The average molecular weight is 171 g/mol. The molecule has 0 aromatic heterocycles. The van der Waals surface area contributed by atoms with E-state index in [0.717, 1.165) is 0 Å². The number of nitrogens with zero attached hydrogens (tertiary/aromatic N) is 1. The van der Waals surface area contributed by atoms with Crippen LogP contribution in [0.5, 0.6) is 0 Å². The average Bonchev–Trinajstić information content (AvgIpc) is 2.08. The lowest BCUT2D eigenvalue weighted by Crippen LogP contribution is -2.17. The SMILES string of the molecule is C1CCCCC1.CC(=O)N(C)C. The third-order valence-corrected chi connectivity index (χ3v) is 2.13. The van der Waals surface area contributed by atoms with Gasteiger partial charge in [-0.2, -0.15) is 0 Å². The van der Waals surface area contributed by atoms with Gasteiger partial charge in [0, 0.05) is 21.0 Å². The van der Waals surface area contributed by atoms with Crippen LogP contribution in [0, 0.1) is 0 Å². The molecule has 1 saturated carbocycles. The first-order chi connectivity index (χ1) is 5.64. The molecule has 0 spiro atoms. The molecule has 0 radical (unpaired) electrons. The number of amides is 1. The minimum Gasteiger partial charge on any atom is -0.349 e. The van der Waals surface area contributed by atoms with Gasteiger partial charge in [-0.05, 0) is 0 Å². The third-order valence-electron chi connectivity index (χ3n) is 2.13. The quantitative estimate of drug-likeness (QED) is 0.548. The van der Waals surface area contributed by atoms with Gasteiger partial charge in [0.1, 0.15) is 0 Å². The molecule has 1 fully saturated rings.